The quantitative estimate of drug-likeness (QED) is 0.136. The molecule has 4 aromatic heterocycles. The van der Waals surface area contributed by atoms with Gasteiger partial charge in [0.15, 0.2) is 0 Å². The summed E-state index contributed by atoms with van der Waals surface area (Å²) in [6.07, 6.45) is 12.3. The maximum Gasteiger partial charge on any atom is 0.246 e. The summed E-state index contributed by atoms with van der Waals surface area (Å²) in [6.45, 7) is 1.53. The molecule has 2 N–H and O–H groups in total. The second kappa shape index (κ2) is 18.9. The standard InChI is InChI=1S/2C23H22ClFN6O/c2*1-32-20-12-15(9-10-19(20)30-13-21(24)26-14-30)27-23-28-22-17(7-4-5-11-31(22)29-23)16-6-2-3-8-18(16)25/h2*2-3,6,8-10,12-14,17H,4-5,7,11H2,1H3,(H,27,29)/t2*17-/m10/s1. The topological polar surface area (TPSA) is 140 Å². The molecule has 0 spiro atoms. The van der Waals surface area contributed by atoms with Gasteiger partial charge in [-0.1, -0.05) is 72.4 Å². The molecule has 2 aliphatic heterocycles. The maximum absolute atomic E-state index is 14.5. The number of aromatic nitrogens is 10. The Morgan fingerprint density at radius 1 is 0.594 bits per heavy atom. The second-order valence-electron chi connectivity index (χ2n) is 15.4. The van der Waals surface area contributed by atoms with Crippen molar-refractivity contribution in [3.8, 4) is 22.9 Å². The Morgan fingerprint density at radius 3 is 1.42 bits per heavy atom. The second-order valence-corrected chi connectivity index (χ2v) is 16.2. The average Bonchev–Trinajstić information content (AvgIpc) is 4.08. The molecule has 0 bridgehead atoms. The van der Waals surface area contributed by atoms with Crippen molar-refractivity contribution in [2.24, 2.45) is 0 Å². The Labute approximate surface area is 377 Å². The lowest BCUT2D eigenvalue weighted by Crippen LogP contribution is -2.09. The minimum atomic E-state index is -0.205. The van der Waals surface area contributed by atoms with Crippen LogP contribution < -0.4 is 20.1 Å². The Bertz CT molecular complexity index is 2700. The number of fused-ring (bicyclic) bond motifs is 2. The molecule has 2 atom stereocenters. The summed E-state index contributed by atoms with van der Waals surface area (Å²) in [6, 6.07) is 25.2. The zero-order valence-corrected chi connectivity index (χ0v) is 36.5. The minimum absolute atomic E-state index is 0.121. The third kappa shape index (κ3) is 9.15. The molecule has 328 valence electrons. The molecule has 0 amide bonds. The number of benzene rings is 4. The van der Waals surface area contributed by atoms with Gasteiger partial charge in [0.2, 0.25) is 11.9 Å². The normalized spacial score (nSPS) is 15.8. The highest BCUT2D eigenvalue weighted by molar-refractivity contribution is 6.29. The van der Waals surface area contributed by atoms with Crippen LogP contribution in [0.3, 0.4) is 0 Å². The van der Waals surface area contributed by atoms with E-state index in [1.807, 2.05) is 70.0 Å². The van der Waals surface area contributed by atoms with E-state index >= 15 is 0 Å². The molecule has 0 radical (unpaired) electrons. The lowest BCUT2D eigenvalue weighted by atomic mass is 9.93. The summed E-state index contributed by atoms with van der Waals surface area (Å²) in [7, 11) is 3.22. The van der Waals surface area contributed by atoms with Gasteiger partial charge >= 0.3 is 0 Å². The Hall–Kier alpha value is -6.78. The fourth-order valence-electron chi connectivity index (χ4n) is 8.30. The van der Waals surface area contributed by atoms with Gasteiger partial charge in [-0.05, 0) is 73.2 Å². The highest BCUT2D eigenvalue weighted by Crippen LogP contribution is 2.37. The van der Waals surface area contributed by atoms with E-state index in [0.29, 0.717) is 44.8 Å². The van der Waals surface area contributed by atoms with E-state index in [9.17, 15) is 8.78 Å². The van der Waals surface area contributed by atoms with Crippen LogP contribution in [0.4, 0.5) is 32.1 Å². The van der Waals surface area contributed by atoms with Crippen LogP contribution in [-0.2, 0) is 13.1 Å². The zero-order chi connectivity index (χ0) is 44.2. The van der Waals surface area contributed by atoms with Crippen molar-refractivity contribution in [3.05, 3.63) is 155 Å². The van der Waals surface area contributed by atoms with Crippen LogP contribution >= 0.6 is 23.2 Å². The van der Waals surface area contributed by atoms with E-state index in [2.05, 4.69) is 30.8 Å². The van der Waals surface area contributed by atoms with Gasteiger partial charge < -0.3 is 29.2 Å². The number of aryl methyl sites for hydroxylation is 2. The van der Waals surface area contributed by atoms with Crippen LogP contribution in [0, 0.1) is 11.6 Å². The lowest BCUT2D eigenvalue weighted by Gasteiger charge is -2.14. The third-order valence-electron chi connectivity index (χ3n) is 11.3. The number of ether oxygens (including phenoxy) is 2. The van der Waals surface area contributed by atoms with Crippen molar-refractivity contribution >= 4 is 46.5 Å². The van der Waals surface area contributed by atoms with Crippen LogP contribution in [0.5, 0.6) is 11.5 Å². The number of nitrogens with one attached hydrogen (secondary N) is 2. The van der Waals surface area contributed by atoms with Crippen molar-refractivity contribution < 1.29 is 18.3 Å². The number of anilines is 4. The van der Waals surface area contributed by atoms with Gasteiger partial charge in [0.1, 0.15) is 57.7 Å². The Balaban J connectivity index is 0.000000162. The van der Waals surface area contributed by atoms with Gasteiger partial charge in [0, 0.05) is 60.8 Å². The van der Waals surface area contributed by atoms with Crippen molar-refractivity contribution in [3.63, 3.8) is 0 Å². The number of imidazole rings is 2. The molecule has 18 heteroatoms. The molecule has 0 aliphatic carbocycles. The average molecular weight is 906 g/mol. The smallest absolute Gasteiger partial charge is 0.246 e. The molecule has 2 aliphatic rings. The largest absolute Gasteiger partial charge is 0.494 e. The predicted molar refractivity (Wildman–Crippen MR) is 241 cm³/mol. The molecule has 64 heavy (non-hydrogen) atoms. The monoisotopic (exact) mass is 904 g/mol. The van der Waals surface area contributed by atoms with E-state index < -0.39 is 0 Å². The Morgan fingerprint density at radius 2 is 1.03 bits per heavy atom. The van der Waals surface area contributed by atoms with Crippen molar-refractivity contribution in [1.82, 2.24) is 48.6 Å². The summed E-state index contributed by atoms with van der Waals surface area (Å²) < 4.78 is 47.5. The van der Waals surface area contributed by atoms with Crippen molar-refractivity contribution in [2.75, 3.05) is 24.9 Å². The first-order valence-electron chi connectivity index (χ1n) is 20.9. The summed E-state index contributed by atoms with van der Waals surface area (Å²) in [5.41, 5.74) is 4.51. The predicted octanol–water partition coefficient (Wildman–Crippen LogP) is 10.6. The number of methoxy groups -OCH3 is 2. The van der Waals surface area contributed by atoms with E-state index in [1.54, 1.807) is 60.5 Å². The van der Waals surface area contributed by atoms with E-state index in [0.717, 1.165) is 86.0 Å². The molecule has 0 saturated carbocycles. The Kier molecular flexibility index (Phi) is 12.6. The van der Waals surface area contributed by atoms with Crippen molar-refractivity contribution in [1.29, 1.82) is 0 Å². The van der Waals surface area contributed by atoms with Crippen LogP contribution in [0.1, 0.15) is 73.1 Å². The fraction of sp³-hybridized carbons (Fsp3) is 0.261. The van der Waals surface area contributed by atoms with Crippen molar-refractivity contribution in [2.45, 2.75) is 63.5 Å². The molecule has 0 fully saturated rings. The molecular weight excluding hydrogens is 861 g/mol. The van der Waals surface area contributed by atoms with Gasteiger partial charge in [0.05, 0.1) is 25.6 Å². The zero-order valence-electron chi connectivity index (χ0n) is 35.0. The van der Waals surface area contributed by atoms with Gasteiger partial charge in [-0.2, -0.15) is 9.97 Å². The maximum atomic E-state index is 14.5. The third-order valence-corrected chi connectivity index (χ3v) is 11.7. The molecule has 0 unspecified atom stereocenters. The van der Waals surface area contributed by atoms with E-state index in [-0.39, 0.29) is 23.5 Å². The molecule has 14 nitrogen and oxygen atoms in total. The van der Waals surface area contributed by atoms with Gasteiger partial charge in [-0.25, -0.2) is 28.1 Å². The SMILES string of the molecule is COc1cc(Nc2nc3n(n2)CCCC[C@@H]3c2ccccc2F)ccc1-n1cnc(Cl)c1.COc1cc(Nc2nc3n(n2)CCCC[C@H]3c2ccccc2F)ccc1-n1cnc(Cl)c1. The van der Waals surface area contributed by atoms with Crippen LogP contribution in [0.2, 0.25) is 10.3 Å². The summed E-state index contributed by atoms with van der Waals surface area (Å²) >= 11 is 11.9. The summed E-state index contributed by atoms with van der Waals surface area (Å²) in [4.78, 5) is 17.6. The number of hydrogen-bond acceptors (Lipinski definition) is 10. The van der Waals surface area contributed by atoms with Crippen LogP contribution in [-0.4, -0.2) is 62.9 Å². The molecule has 0 saturated heterocycles. The number of rotatable bonds is 10. The minimum Gasteiger partial charge on any atom is -0.494 e. The summed E-state index contributed by atoms with van der Waals surface area (Å²) in [5.74, 6) is 3.16. The lowest BCUT2D eigenvalue weighted by molar-refractivity contribution is 0.413. The first kappa shape index (κ1) is 42.5. The van der Waals surface area contributed by atoms with Crippen LogP contribution in [0.15, 0.2) is 110 Å². The molecule has 4 aromatic carbocycles. The summed E-state index contributed by atoms with van der Waals surface area (Å²) in [5, 5.41) is 16.6. The molecule has 8 aromatic rings. The van der Waals surface area contributed by atoms with E-state index in [4.69, 9.17) is 42.6 Å². The highest BCUT2D eigenvalue weighted by Gasteiger charge is 2.28. The van der Waals surface area contributed by atoms with E-state index in [1.165, 1.54) is 12.1 Å². The molecule has 10 rings (SSSR count). The molecular formula is C46H44Cl2F2N12O2. The van der Waals surface area contributed by atoms with Crippen LogP contribution in [0.25, 0.3) is 11.4 Å². The number of nitrogens with zero attached hydrogens (tertiary/aromatic N) is 10. The fourth-order valence-corrected chi connectivity index (χ4v) is 8.60. The van der Waals surface area contributed by atoms with Gasteiger partial charge in [0.25, 0.3) is 0 Å². The first-order chi connectivity index (χ1) is 31.2. The first-order valence-corrected chi connectivity index (χ1v) is 21.7. The number of hydrogen-bond donors (Lipinski definition) is 2. The highest BCUT2D eigenvalue weighted by atomic mass is 35.5. The van der Waals surface area contributed by atoms with Gasteiger partial charge in [-0.3, -0.25) is 0 Å². The number of halogens is 4. The van der Waals surface area contributed by atoms with Gasteiger partial charge in [-0.15, -0.1) is 10.2 Å². The molecule has 6 heterocycles.